The monoisotopic (exact) mass is 398 g/mol. The minimum Gasteiger partial charge on any atom is -0.374 e. The molecule has 2 aromatic heterocycles. The predicted octanol–water partition coefficient (Wildman–Crippen LogP) is 3.43. The standard InChI is InChI=1S/C17H17F3N4O2S/c1-9-6-10(2)13-11(7-9)27-15(23-13)22-12(25)8-16(26,17(18,19)20)14-21-4-5-24(14)3/h4-7,26H,8H2,1-3H3,(H,22,23,25). The Morgan fingerprint density at radius 1 is 1.33 bits per heavy atom. The highest BCUT2D eigenvalue weighted by Crippen LogP contribution is 2.41. The fourth-order valence-corrected chi connectivity index (χ4v) is 3.95. The van der Waals surface area contributed by atoms with Crippen molar-refractivity contribution in [1.82, 2.24) is 14.5 Å². The van der Waals surface area contributed by atoms with Crippen LogP contribution in [0.3, 0.4) is 0 Å². The number of aryl methyl sites for hydroxylation is 3. The van der Waals surface area contributed by atoms with E-state index in [0.29, 0.717) is 5.52 Å². The van der Waals surface area contributed by atoms with Gasteiger partial charge in [-0.3, -0.25) is 4.79 Å². The molecule has 1 unspecified atom stereocenters. The number of alkyl halides is 3. The molecule has 2 heterocycles. The number of halogens is 3. The number of nitrogens with zero attached hydrogens (tertiary/aromatic N) is 3. The number of hydrogen-bond acceptors (Lipinski definition) is 5. The molecule has 3 aromatic rings. The second-order valence-electron chi connectivity index (χ2n) is 6.39. The van der Waals surface area contributed by atoms with E-state index in [1.165, 1.54) is 13.2 Å². The molecule has 27 heavy (non-hydrogen) atoms. The first-order valence-electron chi connectivity index (χ1n) is 7.96. The highest BCUT2D eigenvalue weighted by molar-refractivity contribution is 7.22. The number of aromatic nitrogens is 3. The van der Waals surface area contributed by atoms with Crippen molar-refractivity contribution in [2.45, 2.75) is 32.0 Å². The van der Waals surface area contributed by atoms with Crippen molar-refractivity contribution >= 4 is 32.6 Å². The summed E-state index contributed by atoms with van der Waals surface area (Å²) < 4.78 is 42.4. The molecule has 0 fully saturated rings. The average Bonchev–Trinajstić information content (AvgIpc) is 3.12. The summed E-state index contributed by atoms with van der Waals surface area (Å²) in [5.41, 5.74) is -0.807. The fourth-order valence-electron chi connectivity index (χ4n) is 2.89. The number of fused-ring (bicyclic) bond motifs is 1. The topological polar surface area (TPSA) is 80.0 Å². The lowest BCUT2D eigenvalue weighted by molar-refractivity contribution is -0.270. The first-order chi connectivity index (χ1) is 12.5. The number of benzene rings is 1. The summed E-state index contributed by atoms with van der Waals surface area (Å²) in [6.07, 6.45) is -3.91. The molecule has 10 heteroatoms. The van der Waals surface area contributed by atoms with Crippen LogP contribution in [0.15, 0.2) is 24.5 Å². The number of aliphatic hydroxyl groups is 1. The van der Waals surface area contributed by atoms with Crippen molar-refractivity contribution in [1.29, 1.82) is 0 Å². The van der Waals surface area contributed by atoms with E-state index >= 15 is 0 Å². The summed E-state index contributed by atoms with van der Waals surface area (Å²) in [5.74, 6) is -1.66. The molecular formula is C17H17F3N4O2S. The van der Waals surface area contributed by atoms with Crippen LogP contribution in [0.1, 0.15) is 23.4 Å². The Labute approximate surface area is 156 Å². The third kappa shape index (κ3) is 3.54. The van der Waals surface area contributed by atoms with E-state index in [2.05, 4.69) is 15.3 Å². The minimum atomic E-state index is -5.08. The quantitative estimate of drug-likeness (QED) is 0.706. The van der Waals surface area contributed by atoms with Crippen LogP contribution in [-0.4, -0.2) is 31.7 Å². The number of rotatable bonds is 4. The lowest BCUT2D eigenvalue weighted by atomic mass is 9.97. The molecule has 3 rings (SSSR count). The predicted molar refractivity (Wildman–Crippen MR) is 95.5 cm³/mol. The zero-order valence-corrected chi connectivity index (χ0v) is 15.6. The number of nitrogens with one attached hydrogen (secondary N) is 1. The maximum absolute atomic E-state index is 13.5. The van der Waals surface area contributed by atoms with Crippen LogP contribution in [0.5, 0.6) is 0 Å². The molecule has 144 valence electrons. The van der Waals surface area contributed by atoms with Crippen LogP contribution in [0.4, 0.5) is 18.3 Å². The summed E-state index contributed by atoms with van der Waals surface area (Å²) in [6.45, 7) is 3.78. The number of amides is 1. The number of carbonyl (C=O) groups excluding carboxylic acids is 1. The van der Waals surface area contributed by atoms with Gasteiger partial charge in [-0.05, 0) is 31.0 Å². The van der Waals surface area contributed by atoms with Gasteiger partial charge in [0.2, 0.25) is 11.5 Å². The lowest BCUT2D eigenvalue weighted by Crippen LogP contribution is -2.46. The molecule has 0 saturated carbocycles. The second kappa shape index (κ2) is 6.61. The largest absolute Gasteiger partial charge is 0.425 e. The van der Waals surface area contributed by atoms with Gasteiger partial charge in [0.05, 0.1) is 16.6 Å². The summed E-state index contributed by atoms with van der Waals surface area (Å²) in [7, 11) is 1.32. The molecule has 0 aliphatic carbocycles. The first-order valence-corrected chi connectivity index (χ1v) is 8.77. The molecule has 0 aliphatic heterocycles. The summed E-state index contributed by atoms with van der Waals surface area (Å²) >= 11 is 1.16. The van der Waals surface area contributed by atoms with Crippen LogP contribution in [-0.2, 0) is 17.4 Å². The molecule has 1 aromatic carbocycles. The Morgan fingerprint density at radius 2 is 2.04 bits per heavy atom. The Morgan fingerprint density at radius 3 is 2.63 bits per heavy atom. The van der Waals surface area contributed by atoms with Crippen molar-refractivity contribution in [3.63, 3.8) is 0 Å². The molecule has 1 atom stereocenters. The number of thiazole rings is 1. The molecule has 1 amide bonds. The van der Waals surface area contributed by atoms with Gasteiger partial charge in [0.1, 0.15) is 0 Å². The smallest absolute Gasteiger partial charge is 0.374 e. The second-order valence-corrected chi connectivity index (χ2v) is 7.42. The molecular weight excluding hydrogens is 381 g/mol. The number of carbonyl (C=O) groups is 1. The number of imidazole rings is 1. The van der Waals surface area contributed by atoms with Crippen molar-refractivity contribution in [3.8, 4) is 0 Å². The van der Waals surface area contributed by atoms with Gasteiger partial charge in [0, 0.05) is 19.4 Å². The van der Waals surface area contributed by atoms with Gasteiger partial charge in [-0.2, -0.15) is 13.2 Å². The van der Waals surface area contributed by atoms with E-state index in [9.17, 15) is 23.1 Å². The van der Waals surface area contributed by atoms with Gasteiger partial charge >= 0.3 is 6.18 Å². The SMILES string of the molecule is Cc1cc(C)c2nc(NC(=O)CC(O)(c3nccn3C)C(F)(F)F)sc2c1. The van der Waals surface area contributed by atoms with Crippen LogP contribution in [0.2, 0.25) is 0 Å². The van der Waals surface area contributed by atoms with E-state index < -0.39 is 29.9 Å². The highest BCUT2D eigenvalue weighted by Gasteiger charge is 2.58. The van der Waals surface area contributed by atoms with E-state index in [-0.39, 0.29) is 5.13 Å². The number of hydrogen-bond donors (Lipinski definition) is 2. The van der Waals surface area contributed by atoms with Gasteiger partial charge in [-0.25, -0.2) is 9.97 Å². The van der Waals surface area contributed by atoms with Crippen molar-refractivity contribution in [3.05, 3.63) is 41.5 Å². The maximum Gasteiger partial charge on any atom is 0.425 e. The van der Waals surface area contributed by atoms with Crippen molar-refractivity contribution in [2.75, 3.05) is 5.32 Å². The van der Waals surface area contributed by atoms with Crippen molar-refractivity contribution < 1.29 is 23.1 Å². The third-order valence-corrected chi connectivity index (χ3v) is 5.07. The van der Waals surface area contributed by atoms with Crippen LogP contribution in [0, 0.1) is 13.8 Å². The Kier molecular flexibility index (Phi) is 4.73. The highest BCUT2D eigenvalue weighted by atomic mass is 32.1. The Hall–Kier alpha value is -2.46. The average molecular weight is 398 g/mol. The molecule has 0 spiro atoms. The van der Waals surface area contributed by atoms with Crippen LogP contribution < -0.4 is 5.32 Å². The van der Waals surface area contributed by atoms with Gasteiger partial charge in [-0.1, -0.05) is 17.4 Å². The van der Waals surface area contributed by atoms with Gasteiger partial charge in [-0.15, -0.1) is 0 Å². The van der Waals surface area contributed by atoms with Crippen LogP contribution >= 0.6 is 11.3 Å². The molecule has 0 saturated heterocycles. The maximum atomic E-state index is 13.5. The molecule has 0 aliphatic rings. The fraction of sp³-hybridized carbons (Fsp3) is 0.353. The van der Waals surface area contributed by atoms with E-state index in [1.54, 1.807) is 0 Å². The summed E-state index contributed by atoms with van der Waals surface area (Å²) in [5, 5.41) is 12.8. The summed E-state index contributed by atoms with van der Waals surface area (Å²) in [6, 6.07) is 3.81. The Balaban J connectivity index is 1.87. The lowest BCUT2D eigenvalue weighted by Gasteiger charge is -2.29. The van der Waals surface area contributed by atoms with Gasteiger partial charge < -0.3 is 15.0 Å². The van der Waals surface area contributed by atoms with Crippen molar-refractivity contribution in [2.24, 2.45) is 7.05 Å². The summed E-state index contributed by atoms with van der Waals surface area (Å²) in [4.78, 5) is 20.1. The molecule has 6 nitrogen and oxygen atoms in total. The third-order valence-electron chi connectivity index (χ3n) is 4.15. The van der Waals surface area contributed by atoms with Gasteiger partial charge in [0.25, 0.3) is 0 Å². The molecule has 0 bridgehead atoms. The molecule has 2 N–H and O–H groups in total. The Bertz CT molecular complexity index is 1010. The van der Waals surface area contributed by atoms with E-state index in [4.69, 9.17) is 0 Å². The molecule has 0 radical (unpaired) electrons. The van der Waals surface area contributed by atoms with Crippen LogP contribution in [0.25, 0.3) is 10.2 Å². The minimum absolute atomic E-state index is 0.174. The van der Waals surface area contributed by atoms with E-state index in [1.807, 2.05) is 26.0 Å². The zero-order valence-electron chi connectivity index (χ0n) is 14.8. The zero-order chi connectivity index (χ0) is 20.0. The number of anilines is 1. The van der Waals surface area contributed by atoms with Gasteiger partial charge in [0.15, 0.2) is 11.0 Å². The van der Waals surface area contributed by atoms with E-state index in [0.717, 1.165) is 37.9 Å². The normalized spacial score (nSPS) is 14.3. The first kappa shape index (κ1) is 19.3.